The molecule has 0 heterocycles. The molecule has 1 N–H and O–H groups in total. The van der Waals surface area contributed by atoms with Gasteiger partial charge in [-0.2, -0.15) is 0 Å². The summed E-state index contributed by atoms with van der Waals surface area (Å²) in [6, 6.07) is 0. The van der Waals surface area contributed by atoms with E-state index >= 15 is 0 Å². The van der Waals surface area contributed by atoms with Crippen LogP contribution in [-0.4, -0.2) is 36.7 Å². The molecule has 0 aromatic heterocycles. The summed E-state index contributed by atoms with van der Waals surface area (Å²) in [5.74, 6) is -0.654. The number of carbonyl (C=O) groups is 2. The number of fused-ring (bicyclic) bond motifs is 5. The van der Waals surface area contributed by atoms with E-state index in [2.05, 4.69) is 6.92 Å². The lowest BCUT2D eigenvalue weighted by Crippen LogP contribution is -2.58. The van der Waals surface area contributed by atoms with E-state index in [1.165, 1.54) is 7.11 Å². The Morgan fingerprint density at radius 1 is 1.44 bits per heavy atom. The average molecular weight is 376 g/mol. The fraction of sp³-hybridized carbons (Fsp3) is 0.727. The van der Waals surface area contributed by atoms with Crippen LogP contribution in [0.25, 0.3) is 0 Å². The highest BCUT2D eigenvalue weighted by Gasteiger charge is 2.66. The Kier molecular flexibility index (Phi) is 4.37. The minimum atomic E-state index is -0.834. The van der Waals surface area contributed by atoms with E-state index in [0.29, 0.717) is 0 Å². The first-order valence-corrected chi connectivity index (χ1v) is 10.0. The van der Waals surface area contributed by atoms with Gasteiger partial charge in [0, 0.05) is 16.7 Å². The number of alkyl halides is 1. The van der Waals surface area contributed by atoms with Gasteiger partial charge in [0.25, 0.3) is 0 Å². The molecule has 0 bridgehead atoms. The van der Waals surface area contributed by atoms with Crippen LogP contribution in [0.3, 0.4) is 0 Å². The average Bonchev–Trinajstić information content (AvgIpc) is 2.93. The highest BCUT2D eigenvalue weighted by molar-refractivity contribution is 6.01. The molecule has 0 aliphatic heterocycles. The number of ether oxygens (including phenoxy) is 1. The molecule has 148 valence electrons. The lowest BCUT2D eigenvalue weighted by molar-refractivity contribution is -0.164. The standard InChI is InChI=1S/C22H29FO4/c1-12-8-16-15-5-4-13-9-14(24)6-7-21(13,2)19(15)17(25)10-22(16,11-23)18(12)20(26)27-3/h6-7,9,12,15-19,25H,4-5,8,10-11H2,1-3H3/t12-,15+,16+,17+,18-,19-,21+,22-/m1/s1. The smallest absolute Gasteiger partial charge is 0.309 e. The van der Waals surface area contributed by atoms with Crippen molar-refractivity contribution in [2.45, 2.75) is 45.6 Å². The summed E-state index contributed by atoms with van der Waals surface area (Å²) in [6.07, 6.45) is 7.25. The van der Waals surface area contributed by atoms with Crippen molar-refractivity contribution in [1.29, 1.82) is 0 Å². The van der Waals surface area contributed by atoms with E-state index < -0.39 is 24.1 Å². The van der Waals surface area contributed by atoms with Crippen molar-refractivity contribution in [2.75, 3.05) is 13.8 Å². The molecule has 0 aromatic rings. The van der Waals surface area contributed by atoms with Crippen LogP contribution < -0.4 is 0 Å². The minimum absolute atomic E-state index is 0.00423. The van der Waals surface area contributed by atoms with Gasteiger partial charge < -0.3 is 9.84 Å². The van der Waals surface area contributed by atoms with Gasteiger partial charge in [0.15, 0.2) is 5.78 Å². The highest BCUT2D eigenvalue weighted by Crippen LogP contribution is 2.67. The Labute approximate surface area is 159 Å². The molecule has 8 atom stereocenters. The maximum atomic E-state index is 14.6. The molecular weight excluding hydrogens is 347 g/mol. The van der Waals surface area contributed by atoms with Gasteiger partial charge in [-0.1, -0.05) is 25.5 Å². The zero-order chi connectivity index (χ0) is 19.6. The molecule has 0 spiro atoms. The van der Waals surface area contributed by atoms with Crippen molar-refractivity contribution in [3.05, 3.63) is 23.8 Å². The molecule has 27 heavy (non-hydrogen) atoms. The quantitative estimate of drug-likeness (QED) is 0.752. The summed E-state index contributed by atoms with van der Waals surface area (Å²) >= 11 is 0. The summed E-state index contributed by atoms with van der Waals surface area (Å²) in [6.45, 7) is 3.50. The SMILES string of the molecule is COC(=O)[C@H]1[C@H](C)C[C@H]2[C@@H]3CCC4=CC(=O)C=C[C@]4(C)[C@H]3[C@@H](O)C[C@@]21CF. The van der Waals surface area contributed by atoms with E-state index in [9.17, 15) is 19.1 Å². The number of methoxy groups -OCH3 is 1. The van der Waals surface area contributed by atoms with Crippen LogP contribution >= 0.6 is 0 Å². The Balaban J connectivity index is 1.76. The zero-order valence-corrected chi connectivity index (χ0v) is 16.3. The van der Waals surface area contributed by atoms with Crippen molar-refractivity contribution in [2.24, 2.45) is 40.4 Å². The second-order valence-corrected chi connectivity index (χ2v) is 9.37. The predicted octanol–water partition coefficient (Wildman–Crippen LogP) is 3.25. The van der Waals surface area contributed by atoms with Crippen LogP contribution in [0, 0.1) is 40.4 Å². The van der Waals surface area contributed by atoms with Crippen molar-refractivity contribution in [1.82, 2.24) is 0 Å². The first-order chi connectivity index (χ1) is 12.8. The van der Waals surface area contributed by atoms with Crippen molar-refractivity contribution >= 4 is 11.8 Å². The second kappa shape index (κ2) is 6.26. The van der Waals surface area contributed by atoms with Crippen LogP contribution in [0.4, 0.5) is 4.39 Å². The fourth-order valence-electron chi connectivity index (χ4n) is 7.28. The summed E-state index contributed by atoms with van der Waals surface area (Å²) in [5.41, 5.74) is -0.122. The number of aliphatic hydroxyl groups excluding tert-OH is 1. The van der Waals surface area contributed by atoms with E-state index in [1.54, 1.807) is 12.2 Å². The van der Waals surface area contributed by atoms with Crippen LogP contribution in [0.2, 0.25) is 0 Å². The largest absolute Gasteiger partial charge is 0.469 e. The topological polar surface area (TPSA) is 63.6 Å². The van der Waals surface area contributed by atoms with E-state index in [0.717, 1.165) is 24.8 Å². The first-order valence-electron chi connectivity index (χ1n) is 10.0. The molecule has 3 fully saturated rings. The lowest BCUT2D eigenvalue weighted by Gasteiger charge is -2.58. The molecule has 4 rings (SSSR count). The number of ketones is 1. The number of carbonyl (C=O) groups excluding carboxylic acids is 2. The third kappa shape index (κ3) is 2.43. The van der Waals surface area contributed by atoms with Crippen molar-refractivity contribution in [3.8, 4) is 0 Å². The van der Waals surface area contributed by atoms with Crippen LogP contribution in [0.15, 0.2) is 23.8 Å². The van der Waals surface area contributed by atoms with E-state index in [-0.39, 0.29) is 47.3 Å². The van der Waals surface area contributed by atoms with Gasteiger partial charge in [0.2, 0.25) is 0 Å². The number of rotatable bonds is 2. The van der Waals surface area contributed by atoms with Gasteiger partial charge in [0.05, 0.1) is 25.8 Å². The maximum Gasteiger partial charge on any atom is 0.309 e. The predicted molar refractivity (Wildman–Crippen MR) is 98.4 cm³/mol. The first kappa shape index (κ1) is 18.9. The molecular formula is C22H29FO4. The molecule has 4 aliphatic rings. The number of hydrogen-bond donors (Lipinski definition) is 1. The lowest BCUT2D eigenvalue weighted by atomic mass is 9.46. The number of hydrogen-bond acceptors (Lipinski definition) is 4. The molecule has 5 heteroatoms. The normalized spacial score (nSPS) is 48.3. The van der Waals surface area contributed by atoms with Gasteiger partial charge in [-0.25, -0.2) is 0 Å². The van der Waals surface area contributed by atoms with Crippen molar-refractivity contribution in [3.63, 3.8) is 0 Å². The van der Waals surface area contributed by atoms with Crippen molar-refractivity contribution < 1.29 is 23.8 Å². The summed E-state index contributed by atoms with van der Waals surface area (Å²) in [4.78, 5) is 24.4. The number of allylic oxidation sites excluding steroid dienone is 4. The highest BCUT2D eigenvalue weighted by atomic mass is 19.1. The molecule has 3 saturated carbocycles. The number of halogens is 1. The Hall–Kier alpha value is -1.49. The van der Waals surface area contributed by atoms with Gasteiger partial charge in [0.1, 0.15) is 0 Å². The summed E-state index contributed by atoms with van der Waals surface area (Å²) in [7, 11) is 1.36. The molecule has 0 amide bonds. The number of esters is 1. The van der Waals surface area contributed by atoms with E-state index in [4.69, 9.17) is 4.74 Å². The van der Waals surface area contributed by atoms with Gasteiger partial charge >= 0.3 is 5.97 Å². The monoisotopic (exact) mass is 376 g/mol. The Morgan fingerprint density at radius 2 is 2.19 bits per heavy atom. The molecule has 4 aliphatic carbocycles. The minimum Gasteiger partial charge on any atom is -0.469 e. The van der Waals surface area contributed by atoms with Gasteiger partial charge in [-0.15, -0.1) is 0 Å². The number of aliphatic hydroxyl groups is 1. The summed E-state index contributed by atoms with van der Waals surface area (Å²) in [5, 5.41) is 11.2. The third-order valence-corrected chi connectivity index (χ3v) is 8.28. The van der Waals surface area contributed by atoms with Gasteiger partial charge in [-0.05, 0) is 55.6 Å². The third-order valence-electron chi connectivity index (χ3n) is 8.28. The Bertz CT molecular complexity index is 728. The van der Waals surface area contributed by atoms with Crippen LogP contribution in [-0.2, 0) is 14.3 Å². The molecule has 4 nitrogen and oxygen atoms in total. The molecule has 0 saturated heterocycles. The van der Waals surface area contributed by atoms with Gasteiger partial charge in [-0.3, -0.25) is 14.0 Å². The second-order valence-electron chi connectivity index (χ2n) is 9.37. The molecule has 0 unspecified atom stereocenters. The summed E-state index contributed by atoms with van der Waals surface area (Å²) < 4.78 is 19.6. The van der Waals surface area contributed by atoms with Crippen LogP contribution in [0.5, 0.6) is 0 Å². The fourth-order valence-corrected chi connectivity index (χ4v) is 7.28. The van der Waals surface area contributed by atoms with E-state index in [1.807, 2.05) is 13.0 Å². The zero-order valence-electron chi connectivity index (χ0n) is 16.3. The maximum absolute atomic E-state index is 14.6. The van der Waals surface area contributed by atoms with Crippen LogP contribution in [0.1, 0.15) is 39.5 Å². The molecule has 0 radical (unpaired) electrons. The Morgan fingerprint density at radius 3 is 2.85 bits per heavy atom. The molecule has 0 aromatic carbocycles.